The zero-order valence-corrected chi connectivity index (χ0v) is 12.0. The Kier molecular flexibility index (Phi) is 2.47. The monoisotopic (exact) mass is 258 g/mol. The van der Waals surface area contributed by atoms with E-state index in [9.17, 15) is 0 Å². The summed E-state index contributed by atoms with van der Waals surface area (Å²) in [7, 11) is 0. The summed E-state index contributed by atoms with van der Waals surface area (Å²) in [6.45, 7) is 4.55. The summed E-state index contributed by atoms with van der Waals surface area (Å²) in [4.78, 5) is 0. The SMILES string of the molecule is CC(C)c1ccc2ccc3c4c(ccc1c24)=CCC=C3. The van der Waals surface area contributed by atoms with Crippen LogP contribution in [0.2, 0.25) is 0 Å². The van der Waals surface area contributed by atoms with Crippen molar-refractivity contribution >= 4 is 33.7 Å². The van der Waals surface area contributed by atoms with Gasteiger partial charge in [-0.25, -0.2) is 0 Å². The lowest BCUT2D eigenvalue weighted by atomic mass is 9.89. The van der Waals surface area contributed by atoms with Gasteiger partial charge in [0.05, 0.1) is 0 Å². The molecule has 0 unspecified atom stereocenters. The Morgan fingerprint density at radius 2 is 1.75 bits per heavy atom. The third-order valence-electron chi connectivity index (χ3n) is 4.40. The van der Waals surface area contributed by atoms with Crippen LogP contribution < -0.4 is 5.22 Å². The van der Waals surface area contributed by atoms with E-state index in [0.29, 0.717) is 5.92 Å². The summed E-state index contributed by atoms with van der Waals surface area (Å²) >= 11 is 0. The molecule has 3 aromatic rings. The van der Waals surface area contributed by atoms with E-state index < -0.39 is 0 Å². The van der Waals surface area contributed by atoms with Gasteiger partial charge in [-0.15, -0.1) is 0 Å². The molecule has 4 rings (SSSR count). The van der Waals surface area contributed by atoms with E-state index in [1.807, 2.05) is 0 Å². The van der Waals surface area contributed by atoms with Gasteiger partial charge in [-0.3, -0.25) is 0 Å². The molecule has 0 saturated heterocycles. The third-order valence-corrected chi connectivity index (χ3v) is 4.40. The molecule has 0 atom stereocenters. The minimum absolute atomic E-state index is 0.557. The Hall–Kier alpha value is -2.08. The van der Waals surface area contributed by atoms with E-state index in [-0.39, 0.29) is 0 Å². The number of benzene rings is 3. The van der Waals surface area contributed by atoms with Gasteiger partial charge in [-0.1, -0.05) is 68.5 Å². The van der Waals surface area contributed by atoms with Crippen LogP contribution in [0.3, 0.4) is 0 Å². The van der Waals surface area contributed by atoms with Crippen molar-refractivity contribution in [1.82, 2.24) is 0 Å². The minimum atomic E-state index is 0.557. The normalized spacial score (nSPS) is 13.9. The quantitative estimate of drug-likeness (QED) is 0.574. The zero-order valence-electron chi connectivity index (χ0n) is 12.0. The molecule has 0 amide bonds. The van der Waals surface area contributed by atoms with Gasteiger partial charge in [0.15, 0.2) is 0 Å². The summed E-state index contributed by atoms with van der Waals surface area (Å²) in [5, 5.41) is 7.02. The van der Waals surface area contributed by atoms with Crippen LogP contribution in [-0.2, 0) is 0 Å². The topological polar surface area (TPSA) is 0 Å². The Bertz CT molecular complexity index is 895. The molecule has 98 valence electrons. The predicted molar refractivity (Wildman–Crippen MR) is 88.9 cm³/mol. The molecule has 0 N–H and O–H groups in total. The van der Waals surface area contributed by atoms with Crippen molar-refractivity contribution in [2.24, 2.45) is 0 Å². The Balaban J connectivity index is 2.31. The van der Waals surface area contributed by atoms with E-state index in [1.165, 1.54) is 37.9 Å². The third kappa shape index (κ3) is 1.54. The second-order valence-electron chi connectivity index (χ2n) is 5.98. The maximum atomic E-state index is 2.34. The smallest absolute Gasteiger partial charge is 0.00240 e. The maximum absolute atomic E-state index is 2.34. The Morgan fingerprint density at radius 1 is 0.900 bits per heavy atom. The molecule has 0 saturated carbocycles. The van der Waals surface area contributed by atoms with Gasteiger partial charge >= 0.3 is 0 Å². The van der Waals surface area contributed by atoms with Crippen molar-refractivity contribution < 1.29 is 0 Å². The average Bonchev–Trinajstić information content (AvgIpc) is 2.67. The van der Waals surface area contributed by atoms with E-state index in [2.05, 4.69) is 68.5 Å². The first-order valence-electron chi connectivity index (χ1n) is 7.40. The van der Waals surface area contributed by atoms with Gasteiger partial charge < -0.3 is 0 Å². The van der Waals surface area contributed by atoms with Gasteiger partial charge in [0.25, 0.3) is 0 Å². The average molecular weight is 258 g/mol. The highest BCUT2D eigenvalue weighted by atomic mass is 14.2. The van der Waals surface area contributed by atoms with Gasteiger partial charge in [0.1, 0.15) is 0 Å². The van der Waals surface area contributed by atoms with E-state index in [0.717, 1.165) is 6.42 Å². The summed E-state index contributed by atoms with van der Waals surface area (Å²) in [5.74, 6) is 0.557. The van der Waals surface area contributed by atoms with Gasteiger partial charge in [0.2, 0.25) is 0 Å². The molecule has 0 aliphatic heterocycles. The molecule has 0 fully saturated rings. The van der Waals surface area contributed by atoms with Crippen LogP contribution in [0, 0.1) is 0 Å². The van der Waals surface area contributed by atoms with Crippen molar-refractivity contribution in [3.63, 3.8) is 0 Å². The minimum Gasteiger partial charge on any atom is -0.0801 e. The van der Waals surface area contributed by atoms with Crippen LogP contribution in [0.5, 0.6) is 0 Å². The second kappa shape index (κ2) is 4.21. The van der Waals surface area contributed by atoms with Crippen molar-refractivity contribution in [3.05, 3.63) is 58.8 Å². The van der Waals surface area contributed by atoms with Crippen molar-refractivity contribution in [3.8, 4) is 0 Å². The first-order chi connectivity index (χ1) is 9.75. The van der Waals surface area contributed by atoms with E-state index in [4.69, 9.17) is 0 Å². The van der Waals surface area contributed by atoms with Crippen molar-refractivity contribution in [2.45, 2.75) is 26.2 Å². The van der Waals surface area contributed by atoms with Crippen LogP contribution in [0.1, 0.15) is 37.3 Å². The number of rotatable bonds is 1. The van der Waals surface area contributed by atoms with Crippen molar-refractivity contribution in [1.29, 1.82) is 0 Å². The molecular weight excluding hydrogens is 240 g/mol. The predicted octanol–water partition coefficient (Wildman–Crippen LogP) is 5.03. The number of hydrogen-bond acceptors (Lipinski definition) is 0. The number of allylic oxidation sites excluding steroid dienone is 1. The zero-order chi connectivity index (χ0) is 13.7. The molecule has 0 heteroatoms. The van der Waals surface area contributed by atoms with E-state index in [1.54, 1.807) is 0 Å². The Labute approximate surface area is 119 Å². The fourth-order valence-electron chi connectivity index (χ4n) is 3.43. The van der Waals surface area contributed by atoms with Crippen LogP contribution >= 0.6 is 0 Å². The van der Waals surface area contributed by atoms with Gasteiger partial charge in [-0.05, 0) is 50.2 Å². The first kappa shape index (κ1) is 11.7. The molecule has 0 heterocycles. The molecule has 1 aliphatic rings. The highest BCUT2D eigenvalue weighted by Gasteiger charge is 2.12. The van der Waals surface area contributed by atoms with Crippen LogP contribution in [-0.4, -0.2) is 0 Å². The molecule has 20 heavy (non-hydrogen) atoms. The fourth-order valence-corrected chi connectivity index (χ4v) is 3.43. The van der Waals surface area contributed by atoms with Crippen LogP contribution in [0.15, 0.2) is 42.5 Å². The lowest BCUT2D eigenvalue weighted by molar-refractivity contribution is 0.877. The maximum Gasteiger partial charge on any atom is -0.00240 e. The van der Waals surface area contributed by atoms with Crippen LogP contribution in [0.4, 0.5) is 0 Å². The molecule has 0 bridgehead atoms. The summed E-state index contributed by atoms with van der Waals surface area (Å²) < 4.78 is 0. The lowest BCUT2D eigenvalue weighted by Crippen LogP contribution is -2.04. The first-order valence-corrected chi connectivity index (χ1v) is 7.40. The largest absolute Gasteiger partial charge is 0.0801 e. The summed E-state index contributed by atoms with van der Waals surface area (Å²) in [6, 6.07) is 13.7. The molecule has 0 radical (unpaired) electrons. The highest BCUT2D eigenvalue weighted by Crippen LogP contribution is 2.33. The second-order valence-corrected chi connectivity index (χ2v) is 5.98. The molecule has 1 aliphatic carbocycles. The van der Waals surface area contributed by atoms with E-state index >= 15 is 0 Å². The van der Waals surface area contributed by atoms with Gasteiger partial charge in [-0.2, -0.15) is 0 Å². The standard InChI is InChI=1S/C20H18/c1-13(2)17-11-9-16-8-7-14-5-3-4-6-15-10-12-18(17)20(16)19(14)15/h3,5-13H,4H2,1-2H3. The van der Waals surface area contributed by atoms with Gasteiger partial charge in [0, 0.05) is 0 Å². The van der Waals surface area contributed by atoms with Crippen LogP contribution in [0.25, 0.3) is 33.7 Å². The molecule has 0 nitrogen and oxygen atoms in total. The highest BCUT2D eigenvalue weighted by molar-refractivity contribution is 6.14. The Morgan fingerprint density at radius 3 is 2.60 bits per heavy atom. The summed E-state index contributed by atoms with van der Waals surface area (Å²) in [5.41, 5.74) is 2.81. The van der Waals surface area contributed by atoms with Crippen molar-refractivity contribution in [2.75, 3.05) is 0 Å². The molecule has 0 aromatic heterocycles. The fraction of sp³-hybridized carbons (Fsp3) is 0.200. The lowest BCUT2D eigenvalue weighted by Gasteiger charge is -2.15. The molecular formula is C20H18. The molecule has 3 aromatic carbocycles. The summed E-state index contributed by atoms with van der Waals surface area (Å²) in [6.07, 6.45) is 7.88. The molecule has 0 spiro atoms. The number of hydrogen-bond donors (Lipinski definition) is 0.